The molecule has 0 bridgehead atoms. The SMILES string of the molecule is CCc1cc(CN(C)CCC(C)CN)ccc1OC. The minimum absolute atomic E-state index is 0.601. The van der Waals surface area contributed by atoms with Crippen LogP contribution in [0.25, 0.3) is 0 Å². The van der Waals surface area contributed by atoms with Crippen molar-refractivity contribution in [2.75, 3.05) is 27.2 Å². The molecule has 1 rings (SSSR count). The lowest BCUT2D eigenvalue weighted by atomic mass is 10.1. The highest BCUT2D eigenvalue weighted by Crippen LogP contribution is 2.21. The fraction of sp³-hybridized carbons (Fsp3) is 0.625. The summed E-state index contributed by atoms with van der Waals surface area (Å²) in [5, 5.41) is 0. The molecule has 0 spiro atoms. The van der Waals surface area contributed by atoms with E-state index in [9.17, 15) is 0 Å². The van der Waals surface area contributed by atoms with Crippen molar-refractivity contribution in [3.63, 3.8) is 0 Å². The predicted octanol–water partition coefficient (Wildman–Crippen LogP) is 2.67. The Kier molecular flexibility index (Phi) is 6.89. The molecule has 0 heterocycles. The molecule has 1 unspecified atom stereocenters. The molecule has 0 aromatic heterocycles. The van der Waals surface area contributed by atoms with E-state index in [-0.39, 0.29) is 0 Å². The van der Waals surface area contributed by atoms with Crippen LogP contribution in [0, 0.1) is 5.92 Å². The first-order valence-corrected chi connectivity index (χ1v) is 7.15. The minimum atomic E-state index is 0.601. The number of nitrogens with zero attached hydrogens (tertiary/aromatic N) is 1. The Hall–Kier alpha value is -1.06. The van der Waals surface area contributed by atoms with Gasteiger partial charge in [0.05, 0.1) is 7.11 Å². The molecule has 1 aromatic carbocycles. The van der Waals surface area contributed by atoms with Gasteiger partial charge in [-0.25, -0.2) is 0 Å². The van der Waals surface area contributed by atoms with E-state index in [1.807, 2.05) is 0 Å². The summed E-state index contributed by atoms with van der Waals surface area (Å²) in [6.45, 7) is 7.21. The molecule has 3 nitrogen and oxygen atoms in total. The van der Waals surface area contributed by atoms with Gasteiger partial charge in [0.1, 0.15) is 5.75 Å². The van der Waals surface area contributed by atoms with Gasteiger partial charge in [-0.3, -0.25) is 0 Å². The molecule has 0 fully saturated rings. The maximum atomic E-state index is 5.65. The van der Waals surface area contributed by atoms with Crippen molar-refractivity contribution in [2.45, 2.75) is 33.2 Å². The summed E-state index contributed by atoms with van der Waals surface area (Å²) in [5.41, 5.74) is 8.28. The predicted molar refractivity (Wildman–Crippen MR) is 81.5 cm³/mol. The molecule has 0 aliphatic carbocycles. The summed E-state index contributed by atoms with van der Waals surface area (Å²) in [6, 6.07) is 6.48. The monoisotopic (exact) mass is 264 g/mol. The molecule has 0 aliphatic rings. The average Bonchev–Trinajstić information content (AvgIpc) is 2.44. The van der Waals surface area contributed by atoms with Crippen LogP contribution in [0.4, 0.5) is 0 Å². The van der Waals surface area contributed by atoms with E-state index in [4.69, 9.17) is 10.5 Å². The van der Waals surface area contributed by atoms with E-state index in [0.717, 1.165) is 38.2 Å². The van der Waals surface area contributed by atoms with Gasteiger partial charge in [0.2, 0.25) is 0 Å². The van der Waals surface area contributed by atoms with Crippen molar-refractivity contribution in [3.05, 3.63) is 29.3 Å². The highest BCUT2D eigenvalue weighted by atomic mass is 16.5. The van der Waals surface area contributed by atoms with Crippen molar-refractivity contribution < 1.29 is 4.74 Å². The van der Waals surface area contributed by atoms with E-state index in [0.29, 0.717) is 5.92 Å². The molecule has 0 amide bonds. The number of methoxy groups -OCH3 is 1. The second kappa shape index (κ2) is 8.18. The van der Waals surface area contributed by atoms with Gasteiger partial charge >= 0.3 is 0 Å². The summed E-state index contributed by atoms with van der Waals surface area (Å²) in [4.78, 5) is 2.35. The van der Waals surface area contributed by atoms with Crippen LogP contribution in [0.15, 0.2) is 18.2 Å². The molecule has 1 atom stereocenters. The third-order valence-electron chi connectivity index (χ3n) is 3.58. The van der Waals surface area contributed by atoms with Crippen molar-refractivity contribution in [2.24, 2.45) is 11.7 Å². The van der Waals surface area contributed by atoms with Gasteiger partial charge in [-0.15, -0.1) is 0 Å². The fourth-order valence-electron chi connectivity index (χ4n) is 2.16. The summed E-state index contributed by atoms with van der Waals surface area (Å²) < 4.78 is 5.36. The van der Waals surface area contributed by atoms with E-state index >= 15 is 0 Å². The maximum absolute atomic E-state index is 5.65. The summed E-state index contributed by atoms with van der Waals surface area (Å²) in [5.74, 6) is 1.59. The van der Waals surface area contributed by atoms with Gasteiger partial charge in [-0.2, -0.15) is 0 Å². The summed E-state index contributed by atoms with van der Waals surface area (Å²) >= 11 is 0. The molecule has 108 valence electrons. The number of hydrogen-bond acceptors (Lipinski definition) is 3. The Morgan fingerprint density at radius 1 is 1.37 bits per heavy atom. The molecule has 0 saturated heterocycles. The van der Waals surface area contributed by atoms with Crippen LogP contribution in [0.5, 0.6) is 5.75 Å². The third kappa shape index (κ3) is 5.21. The first kappa shape index (κ1) is 16.0. The first-order valence-electron chi connectivity index (χ1n) is 7.15. The number of benzene rings is 1. The van der Waals surface area contributed by atoms with E-state index in [1.165, 1.54) is 11.1 Å². The number of nitrogens with two attached hydrogens (primary N) is 1. The molecular weight excluding hydrogens is 236 g/mol. The second-order valence-electron chi connectivity index (χ2n) is 5.37. The molecule has 1 aromatic rings. The van der Waals surface area contributed by atoms with Crippen molar-refractivity contribution >= 4 is 0 Å². The zero-order chi connectivity index (χ0) is 14.3. The Labute approximate surface area is 117 Å². The highest BCUT2D eigenvalue weighted by molar-refractivity contribution is 5.37. The van der Waals surface area contributed by atoms with Gasteiger partial charge in [0, 0.05) is 6.54 Å². The van der Waals surface area contributed by atoms with Gasteiger partial charge in [0.25, 0.3) is 0 Å². The van der Waals surface area contributed by atoms with Gasteiger partial charge in [-0.05, 0) is 56.1 Å². The number of rotatable bonds is 8. The van der Waals surface area contributed by atoms with E-state index < -0.39 is 0 Å². The lowest BCUT2D eigenvalue weighted by Crippen LogP contribution is -2.23. The molecular formula is C16H28N2O. The fourth-order valence-corrected chi connectivity index (χ4v) is 2.16. The zero-order valence-corrected chi connectivity index (χ0v) is 12.8. The Balaban J connectivity index is 2.56. The van der Waals surface area contributed by atoms with Crippen LogP contribution in [-0.2, 0) is 13.0 Å². The van der Waals surface area contributed by atoms with Crippen molar-refractivity contribution in [1.82, 2.24) is 4.90 Å². The van der Waals surface area contributed by atoms with Crippen LogP contribution < -0.4 is 10.5 Å². The molecule has 3 heteroatoms. The maximum Gasteiger partial charge on any atom is 0.122 e. The lowest BCUT2D eigenvalue weighted by molar-refractivity contribution is 0.300. The summed E-state index contributed by atoms with van der Waals surface area (Å²) in [6.07, 6.45) is 2.16. The number of aryl methyl sites for hydroxylation is 1. The van der Waals surface area contributed by atoms with Crippen molar-refractivity contribution in [3.8, 4) is 5.75 Å². The highest BCUT2D eigenvalue weighted by Gasteiger charge is 2.06. The zero-order valence-electron chi connectivity index (χ0n) is 12.8. The van der Waals surface area contributed by atoms with Gasteiger partial charge in [-0.1, -0.05) is 26.0 Å². The van der Waals surface area contributed by atoms with Crippen molar-refractivity contribution in [1.29, 1.82) is 0 Å². The Morgan fingerprint density at radius 2 is 2.11 bits per heavy atom. The second-order valence-corrected chi connectivity index (χ2v) is 5.37. The molecule has 19 heavy (non-hydrogen) atoms. The standard InChI is InChI=1S/C16H28N2O/c1-5-15-10-14(6-7-16(15)19-4)12-18(3)9-8-13(2)11-17/h6-7,10,13H,5,8-9,11-12,17H2,1-4H3. The molecule has 0 aliphatic heterocycles. The largest absolute Gasteiger partial charge is 0.496 e. The Morgan fingerprint density at radius 3 is 2.68 bits per heavy atom. The van der Waals surface area contributed by atoms with E-state index in [1.54, 1.807) is 7.11 Å². The van der Waals surface area contributed by atoms with Gasteiger partial charge in [0.15, 0.2) is 0 Å². The lowest BCUT2D eigenvalue weighted by Gasteiger charge is -2.19. The molecule has 2 N–H and O–H groups in total. The normalized spacial score (nSPS) is 12.7. The van der Waals surface area contributed by atoms with E-state index in [2.05, 4.69) is 44.0 Å². The Bertz CT molecular complexity index is 379. The van der Waals surface area contributed by atoms with Crippen LogP contribution in [0.1, 0.15) is 31.4 Å². The van der Waals surface area contributed by atoms with Crippen LogP contribution >= 0.6 is 0 Å². The minimum Gasteiger partial charge on any atom is -0.496 e. The molecule has 0 radical (unpaired) electrons. The van der Waals surface area contributed by atoms with Crippen LogP contribution in [-0.4, -0.2) is 32.1 Å². The quantitative estimate of drug-likeness (QED) is 0.784. The smallest absolute Gasteiger partial charge is 0.122 e. The molecule has 0 saturated carbocycles. The van der Waals surface area contributed by atoms with Crippen LogP contribution in [0.3, 0.4) is 0 Å². The summed E-state index contributed by atoms with van der Waals surface area (Å²) in [7, 11) is 3.90. The van der Waals surface area contributed by atoms with Crippen LogP contribution in [0.2, 0.25) is 0 Å². The first-order chi connectivity index (χ1) is 9.10. The average molecular weight is 264 g/mol. The van der Waals surface area contributed by atoms with Gasteiger partial charge < -0.3 is 15.4 Å². The number of hydrogen-bond donors (Lipinski definition) is 1. The number of ether oxygens (including phenoxy) is 1. The topological polar surface area (TPSA) is 38.5 Å². The third-order valence-corrected chi connectivity index (χ3v) is 3.58.